The molecule has 0 unspecified atom stereocenters. The molecule has 3 aromatic rings. The van der Waals surface area contributed by atoms with Crippen molar-refractivity contribution in [1.82, 2.24) is 14.9 Å². The number of rotatable bonds is 6. The molecule has 0 atom stereocenters. The van der Waals surface area contributed by atoms with Crippen LogP contribution in [0, 0.1) is 5.82 Å². The highest BCUT2D eigenvalue weighted by molar-refractivity contribution is 5.79. The van der Waals surface area contributed by atoms with Crippen molar-refractivity contribution in [3.63, 3.8) is 0 Å². The van der Waals surface area contributed by atoms with Gasteiger partial charge in [-0.15, -0.1) is 0 Å². The zero-order chi connectivity index (χ0) is 24.2. The average Bonchev–Trinajstić information content (AvgIpc) is 2.90. The van der Waals surface area contributed by atoms with E-state index in [1.807, 2.05) is 29.2 Å². The van der Waals surface area contributed by atoms with Gasteiger partial charge in [-0.25, -0.2) is 14.4 Å². The maximum Gasteiger partial charge on any atom is 0.227 e. The Balaban J connectivity index is 1.42. The van der Waals surface area contributed by atoms with Crippen molar-refractivity contribution in [2.24, 2.45) is 0 Å². The van der Waals surface area contributed by atoms with Crippen LogP contribution >= 0.6 is 0 Å². The number of hydrogen-bond acceptors (Lipinski definition) is 6. The number of carbonyl (C=O) groups is 1. The Morgan fingerprint density at radius 2 is 1.83 bits per heavy atom. The Morgan fingerprint density at radius 1 is 1.06 bits per heavy atom. The zero-order valence-electron chi connectivity index (χ0n) is 19.9. The molecule has 182 valence electrons. The molecule has 1 aromatic heterocycles. The summed E-state index contributed by atoms with van der Waals surface area (Å²) in [5.74, 6) is 2.18. The first-order valence-electron chi connectivity index (χ1n) is 12.0. The largest absolute Gasteiger partial charge is 0.496 e. The summed E-state index contributed by atoms with van der Waals surface area (Å²) in [4.78, 5) is 27.1. The highest BCUT2D eigenvalue weighted by atomic mass is 19.1. The van der Waals surface area contributed by atoms with Gasteiger partial charge in [-0.1, -0.05) is 30.3 Å². The van der Waals surface area contributed by atoms with Crippen molar-refractivity contribution in [3.8, 4) is 5.75 Å². The number of fused-ring (bicyclic) bond motifs is 1. The Bertz CT molecular complexity index is 1200. The summed E-state index contributed by atoms with van der Waals surface area (Å²) < 4.78 is 24.3. The number of methoxy groups -OCH3 is 1. The molecule has 8 heteroatoms. The van der Waals surface area contributed by atoms with Crippen LogP contribution < -0.4 is 9.64 Å². The van der Waals surface area contributed by atoms with E-state index in [4.69, 9.17) is 19.4 Å². The summed E-state index contributed by atoms with van der Waals surface area (Å²) in [6.45, 7) is 3.86. The lowest BCUT2D eigenvalue weighted by Crippen LogP contribution is -2.41. The van der Waals surface area contributed by atoms with Gasteiger partial charge in [0.2, 0.25) is 5.91 Å². The fraction of sp³-hybridized carbons (Fsp3) is 0.370. The van der Waals surface area contributed by atoms with Crippen LogP contribution in [0.5, 0.6) is 5.75 Å². The number of halogens is 1. The molecule has 0 N–H and O–H groups in total. The fourth-order valence-corrected chi connectivity index (χ4v) is 4.68. The standard InChI is InChI=1S/C27H29FN4O3/c1-34-24-5-3-2-4-20(24)17-25-29-23-10-11-32(26(33)16-19-6-8-21(28)9-7-19)18-22(23)27(30-25)31-12-14-35-15-13-31/h2-9H,10-18H2,1H3. The second kappa shape index (κ2) is 10.4. The van der Waals surface area contributed by atoms with Crippen molar-refractivity contribution in [1.29, 1.82) is 0 Å². The van der Waals surface area contributed by atoms with E-state index in [1.165, 1.54) is 12.1 Å². The second-order valence-corrected chi connectivity index (χ2v) is 8.85. The van der Waals surface area contributed by atoms with E-state index < -0.39 is 0 Å². The molecular weight excluding hydrogens is 447 g/mol. The third-order valence-electron chi connectivity index (χ3n) is 6.56. The molecule has 0 spiro atoms. The van der Waals surface area contributed by atoms with Gasteiger partial charge < -0.3 is 19.3 Å². The number of ether oxygens (including phenoxy) is 2. The maximum absolute atomic E-state index is 13.2. The lowest BCUT2D eigenvalue weighted by Gasteiger charge is -2.34. The van der Waals surface area contributed by atoms with Crippen molar-refractivity contribution in [2.75, 3.05) is 44.9 Å². The van der Waals surface area contributed by atoms with E-state index in [1.54, 1.807) is 19.2 Å². The topological polar surface area (TPSA) is 67.8 Å². The van der Waals surface area contributed by atoms with Crippen LogP contribution in [0.4, 0.5) is 10.2 Å². The van der Waals surface area contributed by atoms with Gasteiger partial charge in [-0.3, -0.25) is 4.79 Å². The number of aromatic nitrogens is 2. The first kappa shape index (κ1) is 23.2. The molecule has 2 aliphatic heterocycles. The summed E-state index contributed by atoms with van der Waals surface area (Å²) in [7, 11) is 1.67. The summed E-state index contributed by atoms with van der Waals surface area (Å²) in [5.41, 5.74) is 3.85. The molecule has 0 radical (unpaired) electrons. The number of hydrogen-bond donors (Lipinski definition) is 0. The van der Waals surface area contributed by atoms with E-state index in [9.17, 15) is 9.18 Å². The van der Waals surface area contributed by atoms with Gasteiger partial charge in [0.25, 0.3) is 0 Å². The van der Waals surface area contributed by atoms with Crippen LogP contribution in [0.1, 0.15) is 28.2 Å². The molecule has 1 fully saturated rings. The SMILES string of the molecule is COc1ccccc1Cc1nc2c(c(N3CCOCC3)n1)CN(C(=O)Cc1ccc(F)cc1)CC2. The smallest absolute Gasteiger partial charge is 0.227 e. The predicted molar refractivity (Wildman–Crippen MR) is 130 cm³/mol. The average molecular weight is 477 g/mol. The number of amides is 1. The molecule has 0 saturated carbocycles. The van der Waals surface area contributed by atoms with E-state index in [0.717, 1.165) is 52.9 Å². The van der Waals surface area contributed by atoms with Crippen molar-refractivity contribution >= 4 is 11.7 Å². The van der Waals surface area contributed by atoms with Crippen LogP contribution in [0.2, 0.25) is 0 Å². The summed E-state index contributed by atoms with van der Waals surface area (Å²) in [6, 6.07) is 14.0. The normalized spacial score (nSPS) is 15.6. The van der Waals surface area contributed by atoms with E-state index in [0.29, 0.717) is 39.1 Å². The van der Waals surface area contributed by atoms with Gasteiger partial charge in [0.15, 0.2) is 0 Å². The van der Waals surface area contributed by atoms with Crippen LogP contribution in [0.25, 0.3) is 0 Å². The van der Waals surface area contributed by atoms with Crippen molar-refractivity contribution in [2.45, 2.75) is 25.8 Å². The molecule has 3 heterocycles. The van der Waals surface area contributed by atoms with Crippen molar-refractivity contribution in [3.05, 3.63) is 82.6 Å². The number of carbonyl (C=O) groups excluding carboxylic acids is 1. The van der Waals surface area contributed by atoms with Gasteiger partial charge in [0.05, 0.1) is 39.0 Å². The first-order chi connectivity index (χ1) is 17.1. The number of anilines is 1. The van der Waals surface area contributed by atoms with Gasteiger partial charge in [0, 0.05) is 43.6 Å². The lowest BCUT2D eigenvalue weighted by atomic mass is 10.0. The molecule has 35 heavy (non-hydrogen) atoms. The summed E-state index contributed by atoms with van der Waals surface area (Å²) in [6.07, 6.45) is 1.49. The van der Waals surface area contributed by atoms with Crippen LogP contribution in [0.3, 0.4) is 0 Å². The van der Waals surface area contributed by atoms with Crippen LogP contribution in [-0.4, -0.2) is 60.7 Å². The van der Waals surface area contributed by atoms with Crippen LogP contribution in [-0.2, 0) is 35.3 Å². The molecule has 7 nitrogen and oxygen atoms in total. The Kier molecular flexibility index (Phi) is 6.90. The number of benzene rings is 2. The van der Waals surface area contributed by atoms with Gasteiger partial charge in [-0.05, 0) is 23.8 Å². The zero-order valence-corrected chi connectivity index (χ0v) is 19.9. The lowest BCUT2D eigenvalue weighted by molar-refractivity contribution is -0.131. The predicted octanol–water partition coefficient (Wildman–Crippen LogP) is 3.18. The number of nitrogens with zero attached hydrogens (tertiary/aromatic N) is 4. The molecule has 2 aromatic carbocycles. The van der Waals surface area contributed by atoms with Gasteiger partial charge in [0.1, 0.15) is 23.2 Å². The molecule has 1 amide bonds. The van der Waals surface area contributed by atoms with Gasteiger partial charge in [-0.2, -0.15) is 0 Å². The van der Waals surface area contributed by atoms with E-state index in [2.05, 4.69) is 4.90 Å². The maximum atomic E-state index is 13.2. The fourth-order valence-electron chi connectivity index (χ4n) is 4.68. The van der Waals surface area contributed by atoms with Crippen molar-refractivity contribution < 1.29 is 18.7 Å². The minimum Gasteiger partial charge on any atom is -0.496 e. The Hall–Kier alpha value is -3.52. The third-order valence-corrected chi connectivity index (χ3v) is 6.56. The highest BCUT2D eigenvalue weighted by Gasteiger charge is 2.28. The summed E-state index contributed by atoms with van der Waals surface area (Å²) in [5, 5.41) is 0. The molecule has 5 rings (SSSR count). The van der Waals surface area contributed by atoms with Gasteiger partial charge >= 0.3 is 0 Å². The Labute approximate surface area is 204 Å². The Morgan fingerprint density at radius 3 is 2.60 bits per heavy atom. The number of para-hydroxylation sites is 1. The first-order valence-corrected chi connectivity index (χ1v) is 12.0. The van der Waals surface area contributed by atoms with E-state index >= 15 is 0 Å². The molecule has 0 aliphatic carbocycles. The minimum absolute atomic E-state index is 0.0216. The summed E-state index contributed by atoms with van der Waals surface area (Å²) >= 11 is 0. The molecule has 2 aliphatic rings. The minimum atomic E-state index is -0.302. The second-order valence-electron chi connectivity index (χ2n) is 8.85. The molecule has 0 bridgehead atoms. The monoisotopic (exact) mass is 476 g/mol. The quantitative estimate of drug-likeness (QED) is 0.545. The molecule has 1 saturated heterocycles. The van der Waals surface area contributed by atoms with E-state index in [-0.39, 0.29) is 18.1 Å². The third kappa shape index (κ3) is 5.27. The van der Waals surface area contributed by atoms with Crippen LogP contribution in [0.15, 0.2) is 48.5 Å². The number of morpholine rings is 1. The molecular formula is C27H29FN4O3. The highest BCUT2D eigenvalue weighted by Crippen LogP contribution is 2.29.